The van der Waals surface area contributed by atoms with Crippen molar-refractivity contribution >= 4 is 11.3 Å². The Kier molecular flexibility index (Phi) is 3.88. The SMILES string of the molecule is Cc1ccc(C(CN)N2CCC(C)(O)CC2)s1. The highest BCUT2D eigenvalue weighted by Crippen LogP contribution is 2.31. The summed E-state index contributed by atoms with van der Waals surface area (Å²) in [5.74, 6) is 0. The minimum Gasteiger partial charge on any atom is -0.390 e. The van der Waals surface area contributed by atoms with Crippen LogP contribution in [0.5, 0.6) is 0 Å². The van der Waals surface area contributed by atoms with Crippen LogP contribution >= 0.6 is 11.3 Å². The number of nitrogens with two attached hydrogens (primary N) is 1. The Morgan fingerprint density at radius 2 is 2.12 bits per heavy atom. The first-order chi connectivity index (χ1) is 8.02. The van der Waals surface area contributed by atoms with Crippen molar-refractivity contribution in [2.45, 2.75) is 38.3 Å². The van der Waals surface area contributed by atoms with Gasteiger partial charge in [-0.3, -0.25) is 4.90 Å². The van der Waals surface area contributed by atoms with Gasteiger partial charge in [0, 0.05) is 29.4 Å². The number of aryl methyl sites for hydroxylation is 1. The van der Waals surface area contributed by atoms with Gasteiger partial charge in [0.25, 0.3) is 0 Å². The normalized spacial score (nSPS) is 22.6. The zero-order chi connectivity index (χ0) is 12.5. The Hall–Kier alpha value is -0.420. The van der Waals surface area contributed by atoms with Crippen LogP contribution in [0.4, 0.5) is 0 Å². The van der Waals surface area contributed by atoms with Gasteiger partial charge in [0.05, 0.1) is 11.6 Å². The molecule has 0 aliphatic carbocycles. The molecule has 4 heteroatoms. The summed E-state index contributed by atoms with van der Waals surface area (Å²) in [4.78, 5) is 5.09. The molecule has 2 heterocycles. The number of piperidine rings is 1. The smallest absolute Gasteiger partial charge is 0.0644 e. The molecule has 0 aromatic carbocycles. The Labute approximate surface area is 107 Å². The predicted molar refractivity (Wildman–Crippen MR) is 72.3 cm³/mol. The zero-order valence-corrected chi connectivity index (χ0v) is 11.5. The molecule has 0 radical (unpaired) electrons. The standard InChI is InChI=1S/C13H22N2OS/c1-10-3-4-12(17-10)11(9-14)15-7-5-13(2,16)6-8-15/h3-4,11,16H,5-9,14H2,1-2H3. The molecule has 17 heavy (non-hydrogen) atoms. The molecule has 0 saturated carbocycles. The second-order valence-electron chi connectivity index (χ2n) is 5.23. The first-order valence-corrected chi connectivity index (χ1v) is 7.06. The minimum absolute atomic E-state index is 0.324. The lowest BCUT2D eigenvalue weighted by Gasteiger charge is -2.39. The Balaban J connectivity index is 2.05. The van der Waals surface area contributed by atoms with E-state index in [1.54, 1.807) is 0 Å². The lowest BCUT2D eigenvalue weighted by Crippen LogP contribution is -2.45. The Morgan fingerprint density at radius 3 is 2.59 bits per heavy atom. The summed E-state index contributed by atoms with van der Waals surface area (Å²) in [6.07, 6.45) is 1.68. The number of hydrogen-bond donors (Lipinski definition) is 2. The van der Waals surface area contributed by atoms with Crippen LogP contribution < -0.4 is 5.73 Å². The minimum atomic E-state index is -0.485. The van der Waals surface area contributed by atoms with Crippen LogP contribution in [0.15, 0.2) is 12.1 Å². The maximum atomic E-state index is 9.97. The molecule has 1 aliphatic heterocycles. The molecule has 0 bridgehead atoms. The molecule has 3 N–H and O–H groups in total. The first-order valence-electron chi connectivity index (χ1n) is 6.25. The van der Waals surface area contributed by atoms with Gasteiger partial charge in [0.1, 0.15) is 0 Å². The van der Waals surface area contributed by atoms with E-state index in [2.05, 4.69) is 24.0 Å². The van der Waals surface area contributed by atoms with E-state index in [1.807, 2.05) is 18.3 Å². The highest BCUT2D eigenvalue weighted by atomic mass is 32.1. The average molecular weight is 254 g/mol. The third-order valence-corrected chi connectivity index (χ3v) is 4.73. The van der Waals surface area contributed by atoms with Gasteiger partial charge in [-0.2, -0.15) is 0 Å². The zero-order valence-electron chi connectivity index (χ0n) is 10.6. The van der Waals surface area contributed by atoms with E-state index in [9.17, 15) is 5.11 Å². The fraction of sp³-hybridized carbons (Fsp3) is 0.692. The summed E-state index contributed by atoms with van der Waals surface area (Å²) >= 11 is 1.83. The number of rotatable bonds is 3. The summed E-state index contributed by atoms with van der Waals surface area (Å²) in [5, 5.41) is 9.97. The topological polar surface area (TPSA) is 49.5 Å². The van der Waals surface area contributed by atoms with Crippen molar-refractivity contribution in [1.29, 1.82) is 0 Å². The molecule has 1 atom stereocenters. The molecule has 1 aromatic heterocycles. The molecule has 0 spiro atoms. The van der Waals surface area contributed by atoms with Gasteiger partial charge in [-0.25, -0.2) is 0 Å². The number of hydrogen-bond acceptors (Lipinski definition) is 4. The molecule has 3 nitrogen and oxygen atoms in total. The molecule has 1 saturated heterocycles. The van der Waals surface area contributed by atoms with E-state index in [-0.39, 0.29) is 0 Å². The van der Waals surface area contributed by atoms with Crippen LogP contribution in [0, 0.1) is 6.92 Å². The predicted octanol–water partition coefficient (Wildman–Crippen LogP) is 1.90. The summed E-state index contributed by atoms with van der Waals surface area (Å²) in [6.45, 7) is 6.58. The van der Waals surface area contributed by atoms with E-state index in [1.165, 1.54) is 9.75 Å². The molecular formula is C13H22N2OS. The molecular weight excluding hydrogens is 232 g/mol. The lowest BCUT2D eigenvalue weighted by atomic mass is 9.93. The van der Waals surface area contributed by atoms with Crippen LogP contribution in [-0.2, 0) is 0 Å². The van der Waals surface area contributed by atoms with Crippen molar-refractivity contribution < 1.29 is 5.11 Å². The fourth-order valence-electron chi connectivity index (χ4n) is 2.40. The molecule has 2 rings (SSSR count). The monoisotopic (exact) mass is 254 g/mol. The van der Waals surface area contributed by atoms with E-state index in [4.69, 9.17) is 5.73 Å². The third-order valence-electron chi connectivity index (χ3n) is 3.63. The van der Waals surface area contributed by atoms with Crippen LogP contribution in [0.25, 0.3) is 0 Å². The number of likely N-dealkylation sites (tertiary alicyclic amines) is 1. The van der Waals surface area contributed by atoms with Gasteiger partial charge in [-0.05, 0) is 38.8 Å². The molecule has 1 unspecified atom stereocenters. The van der Waals surface area contributed by atoms with Crippen molar-refractivity contribution in [1.82, 2.24) is 4.90 Å². The molecule has 96 valence electrons. The van der Waals surface area contributed by atoms with Gasteiger partial charge in [-0.1, -0.05) is 0 Å². The number of nitrogens with zero attached hydrogens (tertiary/aromatic N) is 1. The Morgan fingerprint density at radius 1 is 1.47 bits per heavy atom. The summed E-state index contributed by atoms with van der Waals surface area (Å²) in [6, 6.07) is 4.66. The quantitative estimate of drug-likeness (QED) is 0.866. The second kappa shape index (κ2) is 5.06. The number of thiophene rings is 1. The van der Waals surface area contributed by atoms with Crippen LogP contribution in [0.1, 0.15) is 35.6 Å². The number of aliphatic hydroxyl groups is 1. The van der Waals surface area contributed by atoms with Gasteiger partial charge in [0.15, 0.2) is 0 Å². The molecule has 1 aliphatic rings. The average Bonchev–Trinajstić information content (AvgIpc) is 2.68. The first kappa shape index (κ1) is 13.0. The van der Waals surface area contributed by atoms with Crippen molar-refractivity contribution in [2.24, 2.45) is 5.73 Å². The lowest BCUT2D eigenvalue weighted by molar-refractivity contribution is -0.0156. The summed E-state index contributed by atoms with van der Waals surface area (Å²) in [7, 11) is 0. The maximum Gasteiger partial charge on any atom is 0.0644 e. The highest BCUT2D eigenvalue weighted by molar-refractivity contribution is 7.12. The largest absolute Gasteiger partial charge is 0.390 e. The van der Waals surface area contributed by atoms with E-state index >= 15 is 0 Å². The summed E-state index contributed by atoms with van der Waals surface area (Å²) < 4.78 is 0. The van der Waals surface area contributed by atoms with E-state index in [0.29, 0.717) is 12.6 Å². The van der Waals surface area contributed by atoms with Crippen LogP contribution in [-0.4, -0.2) is 35.2 Å². The summed E-state index contributed by atoms with van der Waals surface area (Å²) in [5.41, 5.74) is 5.43. The maximum absolute atomic E-state index is 9.97. The molecule has 0 amide bonds. The third kappa shape index (κ3) is 3.07. The highest BCUT2D eigenvalue weighted by Gasteiger charge is 2.31. The van der Waals surface area contributed by atoms with Crippen LogP contribution in [0.2, 0.25) is 0 Å². The van der Waals surface area contributed by atoms with Crippen molar-refractivity contribution in [3.05, 3.63) is 21.9 Å². The molecule has 1 aromatic rings. The van der Waals surface area contributed by atoms with Crippen molar-refractivity contribution in [3.8, 4) is 0 Å². The van der Waals surface area contributed by atoms with Crippen molar-refractivity contribution in [2.75, 3.05) is 19.6 Å². The van der Waals surface area contributed by atoms with E-state index < -0.39 is 5.60 Å². The van der Waals surface area contributed by atoms with E-state index in [0.717, 1.165) is 25.9 Å². The molecule has 1 fully saturated rings. The van der Waals surface area contributed by atoms with Gasteiger partial charge >= 0.3 is 0 Å². The van der Waals surface area contributed by atoms with Gasteiger partial charge in [-0.15, -0.1) is 11.3 Å². The fourth-order valence-corrected chi connectivity index (χ4v) is 3.42. The van der Waals surface area contributed by atoms with Crippen molar-refractivity contribution in [3.63, 3.8) is 0 Å². The van der Waals surface area contributed by atoms with Crippen LogP contribution in [0.3, 0.4) is 0 Å². The van der Waals surface area contributed by atoms with Gasteiger partial charge < -0.3 is 10.8 Å². The Bertz CT molecular complexity index is 365. The second-order valence-corrected chi connectivity index (χ2v) is 6.55. The van der Waals surface area contributed by atoms with Gasteiger partial charge in [0.2, 0.25) is 0 Å².